The predicted molar refractivity (Wildman–Crippen MR) is 115 cm³/mol. The number of fused-ring (bicyclic) bond motifs is 1. The number of methoxy groups -OCH3 is 2. The maximum atomic E-state index is 6.19. The van der Waals surface area contributed by atoms with Gasteiger partial charge in [-0.05, 0) is 40.2 Å². The Kier molecular flexibility index (Phi) is 6.05. The monoisotopic (exact) mass is 479 g/mol. The van der Waals surface area contributed by atoms with Crippen molar-refractivity contribution in [2.45, 2.75) is 12.2 Å². The average Bonchev–Trinajstić information content (AvgIpc) is 3.17. The van der Waals surface area contributed by atoms with Crippen LogP contribution < -0.4 is 14.8 Å². The quantitative estimate of drug-likeness (QED) is 0.553. The maximum Gasteiger partial charge on any atom is 0.164 e. The molecule has 1 N–H and O–H groups in total. The number of nitrogens with one attached hydrogen (secondary N) is 1. The first kappa shape index (κ1) is 20.2. The largest absolute Gasteiger partial charge is 0.493 e. The molecule has 0 aliphatic carbocycles. The molecule has 3 aromatic rings. The highest BCUT2D eigenvalue weighted by Gasteiger charge is 2.31. The summed E-state index contributed by atoms with van der Waals surface area (Å²) in [4.78, 5) is 8.76. The summed E-state index contributed by atoms with van der Waals surface area (Å²) in [5, 5.41) is 4.68. The summed E-state index contributed by atoms with van der Waals surface area (Å²) >= 11 is 9.59. The van der Waals surface area contributed by atoms with E-state index in [0.717, 1.165) is 21.1 Å². The van der Waals surface area contributed by atoms with Gasteiger partial charge in [0.2, 0.25) is 0 Å². The van der Waals surface area contributed by atoms with Crippen LogP contribution in [0.3, 0.4) is 0 Å². The number of ether oxygens (including phenoxy) is 4. The Bertz CT molecular complexity index is 1040. The molecule has 1 saturated heterocycles. The van der Waals surface area contributed by atoms with Crippen LogP contribution in [0.5, 0.6) is 11.5 Å². The second kappa shape index (κ2) is 8.71. The Morgan fingerprint density at radius 3 is 2.69 bits per heavy atom. The first-order valence-electron chi connectivity index (χ1n) is 8.91. The van der Waals surface area contributed by atoms with Gasteiger partial charge in [-0.2, -0.15) is 0 Å². The van der Waals surface area contributed by atoms with Crippen LogP contribution in [0.4, 0.5) is 11.5 Å². The van der Waals surface area contributed by atoms with Crippen molar-refractivity contribution in [2.24, 2.45) is 0 Å². The van der Waals surface area contributed by atoms with E-state index < -0.39 is 0 Å². The number of benzene rings is 2. The van der Waals surface area contributed by atoms with Crippen LogP contribution >= 0.6 is 27.5 Å². The molecule has 1 aromatic heterocycles. The predicted octanol–water partition coefficient (Wildman–Crippen LogP) is 4.59. The molecule has 29 heavy (non-hydrogen) atoms. The van der Waals surface area contributed by atoms with E-state index in [1.54, 1.807) is 14.2 Å². The topological polar surface area (TPSA) is 74.7 Å². The Hall–Kier alpha value is -2.13. The molecule has 2 aromatic carbocycles. The van der Waals surface area contributed by atoms with Gasteiger partial charge in [-0.15, -0.1) is 0 Å². The Morgan fingerprint density at radius 2 is 1.93 bits per heavy atom. The van der Waals surface area contributed by atoms with E-state index in [0.29, 0.717) is 35.6 Å². The van der Waals surface area contributed by atoms with E-state index in [2.05, 4.69) is 31.2 Å². The molecule has 0 radical (unpaired) electrons. The van der Waals surface area contributed by atoms with Crippen LogP contribution in [0.25, 0.3) is 10.9 Å². The minimum absolute atomic E-state index is 0.125. The van der Waals surface area contributed by atoms with Crippen LogP contribution in [0.2, 0.25) is 5.02 Å². The van der Waals surface area contributed by atoms with Crippen molar-refractivity contribution in [2.75, 3.05) is 32.8 Å². The minimum atomic E-state index is -0.212. The molecule has 1 fully saturated rings. The molecule has 0 unspecified atom stereocenters. The van der Waals surface area contributed by atoms with E-state index >= 15 is 0 Å². The summed E-state index contributed by atoms with van der Waals surface area (Å²) in [5.41, 5.74) is 1.53. The van der Waals surface area contributed by atoms with Crippen molar-refractivity contribution >= 4 is 49.9 Å². The zero-order chi connectivity index (χ0) is 20.4. The van der Waals surface area contributed by atoms with Crippen LogP contribution in [0.15, 0.2) is 41.1 Å². The lowest BCUT2D eigenvalue weighted by molar-refractivity contribution is 0.0316. The Labute approximate surface area is 181 Å². The van der Waals surface area contributed by atoms with E-state index in [9.17, 15) is 0 Å². The molecule has 1 aliphatic rings. The summed E-state index contributed by atoms with van der Waals surface area (Å²) < 4.78 is 23.4. The third-order valence-electron chi connectivity index (χ3n) is 4.66. The first-order chi connectivity index (χ1) is 14.1. The Morgan fingerprint density at radius 1 is 1.10 bits per heavy atom. The van der Waals surface area contributed by atoms with Crippen molar-refractivity contribution in [3.05, 3.63) is 46.2 Å². The fraction of sp³-hybridized carbons (Fsp3) is 0.300. The van der Waals surface area contributed by atoms with E-state index in [-0.39, 0.29) is 12.2 Å². The molecule has 0 bridgehead atoms. The first-order valence-corrected chi connectivity index (χ1v) is 10.1. The smallest absolute Gasteiger partial charge is 0.164 e. The highest BCUT2D eigenvalue weighted by molar-refractivity contribution is 9.10. The Balaban J connectivity index is 1.68. The van der Waals surface area contributed by atoms with Gasteiger partial charge in [0, 0.05) is 28.7 Å². The van der Waals surface area contributed by atoms with Crippen LogP contribution in [-0.4, -0.2) is 49.6 Å². The van der Waals surface area contributed by atoms with Gasteiger partial charge in [0.1, 0.15) is 18.2 Å². The van der Waals surface area contributed by atoms with E-state index in [4.69, 9.17) is 30.5 Å². The third kappa shape index (κ3) is 4.25. The van der Waals surface area contributed by atoms with E-state index in [1.807, 2.05) is 30.3 Å². The number of nitrogens with zero attached hydrogens (tertiary/aromatic N) is 2. The molecule has 0 saturated carbocycles. The van der Waals surface area contributed by atoms with Crippen molar-refractivity contribution < 1.29 is 18.9 Å². The minimum Gasteiger partial charge on any atom is -0.493 e. The molecule has 0 spiro atoms. The molecule has 0 amide bonds. The number of rotatable bonds is 6. The summed E-state index contributed by atoms with van der Waals surface area (Å²) in [7, 11) is 3.24. The second-order valence-electron chi connectivity index (χ2n) is 6.46. The number of hydrogen-bond donors (Lipinski definition) is 1. The molecule has 2 heterocycles. The summed E-state index contributed by atoms with van der Waals surface area (Å²) in [6, 6.07) is 9.28. The number of anilines is 2. The lowest BCUT2D eigenvalue weighted by atomic mass is 10.2. The van der Waals surface area contributed by atoms with Gasteiger partial charge in [0.25, 0.3) is 0 Å². The zero-order valence-electron chi connectivity index (χ0n) is 15.8. The molecule has 7 nitrogen and oxygen atoms in total. The third-order valence-corrected chi connectivity index (χ3v) is 5.90. The van der Waals surface area contributed by atoms with Crippen molar-refractivity contribution in [3.8, 4) is 11.5 Å². The van der Waals surface area contributed by atoms with Gasteiger partial charge < -0.3 is 24.3 Å². The van der Waals surface area contributed by atoms with Crippen LogP contribution in [0.1, 0.15) is 0 Å². The fourth-order valence-electron chi connectivity index (χ4n) is 3.13. The summed E-state index contributed by atoms with van der Waals surface area (Å²) in [6.45, 7) is 0.962. The SMILES string of the molecule is COc1cc2c(Nc3ccc(Br)c(Cl)c3)ncnc2cc1O[C@H]1COC[C@@H]1OC. The van der Waals surface area contributed by atoms with Gasteiger partial charge >= 0.3 is 0 Å². The second-order valence-corrected chi connectivity index (χ2v) is 7.73. The lowest BCUT2D eigenvalue weighted by Gasteiger charge is -2.20. The van der Waals surface area contributed by atoms with E-state index in [1.165, 1.54) is 6.33 Å². The molecular weight excluding hydrogens is 462 g/mol. The highest BCUT2D eigenvalue weighted by atomic mass is 79.9. The van der Waals surface area contributed by atoms with Gasteiger partial charge in [-0.1, -0.05) is 11.6 Å². The average molecular weight is 481 g/mol. The fourth-order valence-corrected chi connectivity index (χ4v) is 3.56. The van der Waals surface area contributed by atoms with Crippen molar-refractivity contribution in [3.63, 3.8) is 0 Å². The van der Waals surface area contributed by atoms with Gasteiger partial charge in [0.05, 0.1) is 30.9 Å². The number of hydrogen-bond acceptors (Lipinski definition) is 7. The number of aromatic nitrogens is 2. The van der Waals surface area contributed by atoms with Crippen LogP contribution in [-0.2, 0) is 9.47 Å². The van der Waals surface area contributed by atoms with Gasteiger partial charge in [-0.3, -0.25) is 0 Å². The zero-order valence-corrected chi connectivity index (χ0v) is 18.2. The molecule has 9 heteroatoms. The molecule has 152 valence electrons. The molecule has 2 atom stereocenters. The summed E-state index contributed by atoms with van der Waals surface area (Å²) in [6.07, 6.45) is 1.16. The standard InChI is InChI=1S/C20H19BrClN3O4/c1-26-16-6-12-15(7-17(16)29-19-9-28-8-18(19)27-2)23-10-24-20(12)25-11-3-4-13(21)14(22)5-11/h3-7,10,18-19H,8-9H2,1-2H3,(H,23,24,25)/t18-,19-/m0/s1. The molecular formula is C20H19BrClN3O4. The molecule has 1 aliphatic heterocycles. The lowest BCUT2D eigenvalue weighted by Crippen LogP contribution is -2.31. The van der Waals surface area contributed by atoms with Gasteiger partial charge in [0.15, 0.2) is 17.6 Å². The van der Waals surface area contributed by atoms with Gasteiger partial charge in [-0.25, -0.2) is 9.97 Å². The maximum absolute atomic E-state index is 6.19. The molecule has 4 rings (SSSR count). The highest BCUT2D eigenvalue weighted by Crippen LogP contribution is 2.36. The van der Waals surface area contributed by atoms with Crippen LogP contribution in [0, 0.1) is 0 Å². The van der Waals surface area contributed by atoms with Crippen molar-refractivity contribution in [1.82, 2.24) is 9.97 Å². The number of halogens is 2. The van der Waals surface area contributed by atoms with Crippen molar-refractivity contribution in [1.29, 1.82) is 0 Å². The normalized spacial score (nSPS) is 18.8. The summed E-state index contributed by atoms with van der Waals surface area (Å²) in [5.74, 6) is 1.79.